The average Bonchev–Trinajstić information content (AvgIpc) is 2.35. The van der Waals surface area contributed by atoms with Gasteiger partial charge in [0.15, 0.2) is 5.84 Å². The first-order chi connectivity index (χ1) is 7.69. The van der Waals surface area contributed by atoms with Gasteiger partial charge < -0.3 is 15.8 Å². The Hall–Kier alpha value is -1.26. The standard InChI is InChI=1S/C11H21N3O2/c1-2-14(8-10(12)13-16)11(15)9-6-4-3-5-7-9/h9,16H,2-8H2,1H3,(H2,12,13). The van der Waals surface area contributed by atoms with Crippen molar-refractivity contribution in [2.24, 2.45) is 16.8 Å². The highest BCUT2D eigenvalue weighted by Crippen LogP contribution is 2.25. The molecule has 92 valence electrons. The van der Waals surface area contributed by atoms with Crippen LogP contribution in [0.4, 0.5) is 0 Å². The fourth-order valence-electron chi connectivity index (χ4n) is 2.18. The topological polar surface area (TPSA) is 78.9 Å². The number of amidine groups is 1. The Morgan fingerprint density at radius 2 is 2.06 bits per heavy atom. The van der Waals surface area contributed by atoms with E-state index in [-0.39, 0.29) is 24.2 Å². The van der Waals surface area contributed by atoms with E-state index in [0.717, 1.165) is 25.7 Å². The molecule has 1 fully saturated rings. The summed E-state index contributed by atoms with van der Waals surface area (Å²) in [7, 11) is 0. The van der Waals surface area contributed by atoms with Crippen molar-refractivity contribution in [3.8, 4) is 0 Å². The number of hydrogen-bond donors (Lipinski definition) is 2. The highest BCUT2D eigenvalue weighted by atomic mass is 16.4. The molecule has 5 nitrogen and oxygen atoms in total. The molecule has 0 atom stereocenters. The van der Waals surface area contributed by atoms with Crippen molar-refractivity contribution in [3.05, 3.63) is 0 Å². The molecule has 1 saturated carbocycles. The molecular formula is C11H21N3O2. The van der Waals surface area contributed by atoms with Crippen LogP contribution in [0.2, 0.25) is 0 Å². The lowest BCUT2D eigenvalue weighted by Gasteiger charge is -2.28. The molecule has 1 aliphatic carbocycles. The Balaban J connectivity index is 2.54. The van der Waals surface area contributed by atoms with Crippen LogP contribution in [-0.2, 0) is 4.79 Å². The van der Waals surface area contributed by atoms with Crippen molar-refractivity contribution in [1.82, 2.24) is 4.90 Å². The van der Waals surface area contributed by atoms with E-state index < -0.39 is 0 Å². The molecule has 0 spiro atoms. The summed E-state index contributed by atoms with van der Waals surface area (Å²) in [4.78, 5) is 13.8. The molecule has 0 bridgehead atoms. The molecule has 0 heterocycles. The summed E-state index contributed by atoms with van der Waals surface area (Å²) in [6.07, 6.45) is 5.46. The van der Waals surface area contributed by atoms with Crippen LogP contribution in [0.5, 0.6) is 0 Å². The van der Waals surface area contributed by atoms with Crippen LogP contribution in [0, 0.1) is 5.92 Å². The molecule has 16 heavy (non-hydrogen) atoms. The number of nitrogens with zero attached hydrogens (tertiary/aromatic N) is 2. The smallest absolute Gasteiger partial charge is 0.226 e. The van der Waals surface area contributed by atoms with Crippen LogP contribution < -0.4 is 5.73 Å². The first-order valence-electron chi connectivity index (χ1n) is 5.94. The zero-order chi connectivity index (χ0) is 12.0. The minimum Gasteiger partial charge on any atom is -0.409 e. The van der Waals surface area contributed by atoms with Crippen LogP contribution in [0.25, 0.3) is 0 Å². The summed E-state index contributed by atoms with van der Waals surface area (Å²) < 4.78 is 0. The van der Waals surface area contributed by atoms with E-state index in [1.807, 2.05) is 6.92 Å². The van der Waals surface area contributed by atoms with E-state index in [4.69, 9.17) is 10.9 Å². The Morgan fingerprint density at radius 1 is 1.44 bits per heavy atom. The van der Waals surface area contributed by atoms with Gasteiger partial charge in [0, 0.05) is 12.5 Å². The molecule has 0 saturated heterocycles. The predicted molar refractivity (Wildman–Crippen MR) is 62.2 cm³/mol. The maximum absolute atomic E-state index is 12.1. The van der Waals surface area contributed by atoms with Gasteiger partial charge in [0.1, 0.15) is 0 Å². The van der Waals surface area contributed by atoms with Gasteiger partial charge in [0.05, 0.1) is 6.54 Å². The van der Waals surface area contributed by atoms with Gasteiger partial charge >= 0.3 is 0 Å². The van der Waals surface area contributed by atoms with Gasteiger partial charge in [-0.25, -0.2) is 0 Å². The van der Waals surface area contributed by atoms with E-state index in [9.17, 15) is 4.79 Å². The molecule has 1 rings (SSSR count). The number of rotatable bonds is 4. The van der Waals surface area contributed by atoms with Gasteiger partial charge in [-0.05, 0) is 19.8 Å². The minimum atomic E-state index is 0.0889. The zero-order valence-corrected chi connectivity index (χ0v) is 9.85. The number of carbonyl (C=O) groups is 1. The summed E-state index contributed by atoms with van der Waals surface area (Å²) in [5.74, 6) is 0.375. The molecule has 5 heteroatoms. The molecule has 0 aliphatic heterocycles. The van der Waals surface area contributed by atoms with Crippen molar-refractivity contribution < 1.29 is 10.0 Å². The normalized spacial score (nSPS) is 18.4. The molecule has 0 aromatic rings. The lowest BCUT2D eigenvalue weighted by Crippen LogP contribution is -2.42. The second-order valence-corrected chi connectivity index (χ2v) is 4.28. The minimum absolute atomic E-state index is 0.0889. The van der Waals surface area contributed by atoms with Crippen LogP contribution in [0.3, 0.4) is 0 Å². The highest BCUT2D eigenvalue weighted by Gasteiger charge is 2.25. The predicted octanol–water partition coefficient (Wildman–Crippen LogP) is 1.16. The maximum Gasteiger partial charge on any atom is 0.226 e. The zero-order valence-electron chi connectivity index (χ0n) is 9.85. The second-order valence-electron chi connectivity index (χ2n) is 4.28. The third kappa shape index (κ3) is 3.40. The number of hydrogen-bond acceptors (Lipinski definition) is 3. The van der Waals surface area contributed by atoms with Crippen LogP contribution in [0.1, 0.15) is 39.0 Å². The van der Waals surface area contributed by atoms with Crippen molar-refractivity contribution in [1.29, 1.82) is 0 Å². The largest absolute Gasteiger partial charge is 0.409 e. The Morgan fingerprint density at radius 3 is 2.56 bits per heavy atom. The van der Waals surface area contributed by atoms with Gasteiger partial charge in [-0.3, -0.25) is 4.79 Å². The van der Waals surface area contributed by atoms with Gasteiger partial charge in [0.25, 0.3) is 0 Å². The van der Waals surface area contributed by atoms with Gasteiger partial charge in [0.2, 0.25) is 5.91 Å². The third-order valence-electron chi connectivity index (χ3n) is 3.13. The molecule has 1 aliphatic rings. The third-order valence-corrected chi connectivity index (χ3v) is 3.13. The lowest BCUT2D eigenvalue weighted by molar-refractivity contribution is -0.135. The fourth-order valence-corrected chi connectivity index (χ4v) is 2.18. The lowest BCUT2D eigenvalue weighted by atomic mass is 9.88. The average molecular weight is 227 g/mol. The van der Waals surface area contributed by atoms with Gasteiger partial charge in [-0.15, -0.1) is 0 Å². The quantitative estimate of drug-likeness (QED) is 0.327. The van der Waals surface area contributed by atoms with Crippen LogP contribution >= 0.6 is 0 Å². The number of amides is 1. The first-order valence-corrected chi connectivity index (χ1v) is 5.94. The highest BCUT2D eigenvalue weighted by molar-refractivity contribution is 5.87. The van der Waals surface area contributed by atoms with Crippen molar-refractivity contribution in [2.75, 3.05) is 13.1 Å². The van der Waals surface area contributed by atoms with Gasteiger partial charge in [-0.2, -0.15) is 0 Å². The summed E-state index contributed by atoms with van der Waals surface area (Å²) in [5, 5.41) is 11.4. The maximum atomic E-state index is 12.1. The molecule has 0 aromatic heterocycles. The van der Waals surface area contributed by atoms with E-state index in [1.54, 1.807) is 4.90 Å². The Labute approximate surface area is 96.3 Å². The van der Waals surface area contributed by atoms with E-state index >= 15 is 0 Å². The SMILES string of the molecule is CCN(CC(N)=NO)C(=O)C1CCCCC1. The van der Waals surface area contributed by atoms with Crippen molar-refractivity contribution >= 4 is 11.7 Å². The molecular weight excluding hydrogens is 206 g/mol. The summed E-state index contributed by atoms with van der Waals surface area (Å²) in [5.41, 5.74) is 5.42. The summed E-state index contributed by atoms with van der Waals surface area (Å²) in [6, 6.07) is 0. The Bertz CT molecular complexity index is 260. The van der Waals surface area contributed by atoms with Crippen molar-refractivity contribution in [3.63, 3.8) is 0 Å². The molecule has 0 aromatic carbocycles. The van der Waals surface area contributed by atoms with Crippen LogP contribution in [0.15, 0.2) is 5.16 Å². The van der Waals surface area contributed by atoms with E-state index in [2.05, 4.69) is 5.16 Å². The second kappa shape index (κ2) is 6.35. The number of nitrogens with two attached hydrogens (primary N) is 1. The Kier molecular flexibility index (Phi) is 5.08. The van der Waals surface area contributed by atoms with Gasteiger partial charge in [-0.1, -0.05) is 24.4 Å². The van der Waals surface area contributed by atoms with E-state index in [1.165, 1.54) is 6.42 Å². The molecule has 1 amide bonds. The molecule has 0 unspecified atom stereocenters. The number of carbonyl (C=O) groups excluding carboxylic acids is 1. The number of oxime groups is 1. The van der Waals surface area contributed by atoms with Crippen LogP contribution in [-0.4, -0.2) is 34.9 Å². The summed E-state index contributed by atoms with van der Waals surface area (Å²) in [6.45, 7) is 2.74. The molecule has 3 N–H and O–H groups in total. The first kappa shape index (κ1) is 12.8. The number of likely N-dealkylation sites (N-methyl/N-ethyl adjacent to an activating group) is 1. The monoisotopic (exact) mass is 227 g/mol. The summed E-state index contributed by atoms with van der Waals surface area (Å²) >= 11 is 0. The molecule has 0 radical (unpaired) electrons. The van der Waals surface area contributed by atoms with Crippen molar-refractivity contribution in [2.45, 2.75) is 39.0 Å². The fraction of sp³-hybridized carbons (Fsp3) is 0.818. The van der Waals surface area contributed by atoms with E-state index in [0.29, 0.717) is 6.54 Å².